The number of halogens is 4. The Morgan fingerprint density at radius 2 is 1.95 bits per heavy atom. The lowest BCUT2D eigenvalue weighted by molar-refractivity contribution is -0.137. The fourth-order valence-electron chi connectivity index (χ4n) is 1.58. The van der Waals surface area contributed by atoms with E-state index in [4.69, 9.17) is 22.2 Å². The van der Waals surface area contributed by atoms with Gasteiger partial charge in [0.25, 0.3) is 0 Å². The summed E-state index contributed by atoms with van der Waals surface area (Å²) in [5.74, 6) is 4.77. The summed E-state index contributed by atoms with van der Waals surface area (Å²) in [7, 11) is 0. The standard InChI is InChI=1S/C13H11ClF3N3O/c14-10-4-2-1-3-8(10)7-21-12-6-9(13(15,16)17)5-11(19-12)20-18/h1-6H,7,18H2,(H,19,20). The van der Waals surface area contributed by atoms with Crippen LogP contribution in [-0.2, 0) is 12.8 Å². The van der Waals surface area contributed by atoms with Crippen molar-refractivity contribution in [1.29, 1.82) is 0 Å². The van der Waals surface area contributed by atoms with Gasteiger partial charge in [0.1, 0.15) is 12.4 Å². The van der Waals surface area contributed by atoms with Crippen LogP contribution in [0, 0.1) is 0 Å². The molecule has 1 aromatic heterocycles. The van der Waals surface area contributed by atoms with Crippen molar-refractivity contribution in [1.82, 2.24) is 4.98 Å². The Hall–Kier alpha value is -1.99. The monoisotopic (exact) mass is 317 g/mol. The molecule has 3 N–H and O–H groups in total. The second kappa shape index (κ2) is 6.19. The maximum Gasteiger partial charge on any atom is 0.416 e. The number of anilines is 1. The van der Waals surface area contributed by atoms with Crippen molar-refractivity contribution in [3.63, 3.8) is 0 Å². The number of nitrogens with one attached hydrogen (secondary N) is 1. The summed E-state index contributed by atoms with van der Waals surface area (Å²) in [6, 6.07) is 8.45. The zero-order chi connectivity index (χ0) is 15.5. The molecule has 0 fully saturated rings. The van der Waals surface area contributed by atoms with Gasteiger partial charge < -0.3 is 10.2 Å². The van der Waals surface area contributed by atoms with Crippen molar-refractivity contribution in [3.8, 4) is 5.88 Å². The summed E-state index contributed by atoms with van der Waals surface area (Å²) in [6.07, 6.45) is -4.52. The van der Waals surface area contributed by atoms with Crippen LogP contribution in [0.15, 0.2) is 36.4 Å². The summed E-state index contributed by atoms with van der Waals surface area (Å²) in [5.41, 5.74) is 1.81. The maximum absolute atomic E-state index is 12.7. The molecule has 0 aliphatic rings. The van der Waals surface area contributed by atoms with E-state index < -0.39 is 11.7 Å². The van der Waals surface area contributed by atoms with Gasteiger partial charge in [-0.3, -0.25) is 0 Å². The lowest BCUT2D eigenvalue weighted by Crippen LogP contribution is -2.13. The van der Waals surface area contributed by atoms with Crippen molar-refractivity contribution in [2.24, 2.45) is 5.84 Å². The van der Waals surface area contributed by atoms with Crippen LogP contribution in [0.5, 0.6) is 5.88 Å². The first-order valence-electron chi connectivity index (χ1n) is 5.82. The Morgan fingerprint density at radius 1 is 1.24 bits per heavy atom. The largest absolute Gasteiger partial charge is 0.473 e. The van der Waals surface area contributed by atoms with Gasteiger partial charge in [-0.2, -0.15) is 18.2 Å². The lowest BCUT2D eigenvalue weighted by atomic mass is 10.2. The molecule has 1 aromatic carbocycles. The molecule has 112 valence electrons. The molecule has 4 nitrogen and oxygen atoms in total. The molecule has 1 heterocycles. The quantitative estimate of drug-likeness (QED) is 0.668. The second-order valence-corrected chi connectivity index (χ2v) is 4.51. The maximum atomic E-state index is 12.7. The summed E-state index contributed by atoms with van der Waals surface area (Å²) in [5, 5.41) is 0.460. The van der Waals surface area contributed by atoms with Crippen LogP contribution in [0.4, 0.5) is 19.0 Å². The van der Waals surface area contributed by atoms with Crippen molar-refractivity contribution in [2.45, 2.75) is 12.8 Å². The van der Waals surface area contributed by atoms with Crippen molar-refractivity contribution in [2.75, 3.05) is 5.43 Å². The number of nitrogen functional groups attached to an aromatic ring is 1. The van der Waals surface area contributed by atoms with Crippen LogP contribution in [0.2, 0.25) is 5.02 Å². The Labute approximate surface area is 123 Å². The van der Waals surface area contributed by atoms with Crippen molar-refractivity contribution in [3.05, 3.63) is 52.5 Å². The lowest BCUT2D eigenvalue weighted by Gasteiger charge is -2.12. The molecule has 0 saturated heterocycles. The van der Waals surface area contributed by atoms with Crippen LogP contribution in [0.3, 0.4) is 0 Å². The van der Waals surface area contributed by atoms with Gasteiger partial charge in [0.05, 0.1) is 5.56 Å². The number of ether oxygens (including phenoxy) is 1. The molecule has 0 amide bonds. The Bertz CT molecular complexity index is 634. The molecule has 0 unspecified atom stereocenters. The number of nitrogens with two attached hydrogens (primary N) is 1. The smallest absolute Gasteiger partial charge is 0.416 e. The molecule has 0 saturated carbocycles. The summed E-state index contributed by atoms with van der Waals surface area (Å²) in [4.78, 5) is 3.81. The molecule has 2 rings (SSSR count). The second-order valence-electron chi connectivity index (χ2n) is 4.10. The van der Waals surface area contributed by atoms with E-state index in [0.717, 1.165) is 12.1 Å². The number of rotatable bonds is 4. The number of benzene rings is 1. The summed E-state index contributed by atoms with van der Waals surface area (Å²) < 4.78 is 43.5. The molecule has 0 bridgehead atoms. The molecular formula is C13H11ClF3N3O. The normalized spacial score (nSPS) is 11.3. The first-order chi connectivity index (χ1) is 9.90. The Balaban J connectivity index is 2.22. The summed E-state index contributed by atoms with van der Waals surface area (Å²) in [6.45, 7) is -0.00199. The van der Waals surface area contributed by atoms with E-state index in [2.05, 4.69) is 10.4 Å². The number of aromatic nitrogens is 1. The number of hydrazine groups is 1. The zero-order valence-electron chi connectivity index (χ0n) is 10.6. The molecular weight excluding hydrogens is 307 g/mol. The van der Waals surface area contributed by atoms with Gasteiger partial charge in [0.15, 0.2) is 0 Å². The van der Waals surface area contributed by atoms with Gasteiger partial charge >= 0.3 is 6.18 Å². The molecule has 0 spiro atoms. The van der Waals surface area contributed by atoms with E-state index in [1.165, 1.54) is 0 Å². The van der Waals surface area contributed by atoms with Gasteiger partial charge in [-0.15, -0.1) is 0 Å². The molecule has 0 aliphatic carbocycles. The van der Waals surface area contributed by atoms with Crippen LogP contribution in [-0.4, -0.2) is 4.98 Å². The highest BCUT2D eigenvalue weighted by Gasteiger charge is 2.32. The van der Waals surface area contributed by atoms with E-state index in [1.54, 1.807) is 24.3 Å². The van der Waals surface area contributed by atoms with E-state index in [0.29, 0.717) is 10.6 Å². The fourth-order valence-corrected chi connectivity index (χ4v) is 1.77. The van der Waals surface area contributed by atoms with Crippen molar-refractivity contribution < 1.29 is 17.9 Å². The van der Waals surface area contributed by atoms with Crippen LogP contribution in [0.1, 0.15) is 11.1 Å². The average molecular weight is 318 g/mol. The van der Waals surface area contributed by atoms with Gasteiger partial charge in [0.2, 0.25) is 5.88 Å². The molecule has 0 atom stereocenters. The average Bonchev–Trinajstić information content (AvgIpc) is 2.45. The molecule has 0 aliphatic heterocycles. The first-order valence-corrected chi connectivity index (χ1v) is 6.20. The Morgan fingerprint density at radius 3 is 2.57 bits per heavy atom. The number of hydrogen-bond acceptors (Lipinski definition) is 4. The van der Waals surface area contributed by atoms with Gasteiger partial charge in [-0.1, -0.05) is 29.8 Å². The van der Waals surface area contributed by atoms with Gasteiger partial charge in [-0.25, -0.2) is 5.84 Å². The zero-order valence-corrected chi connectivity index (χ0v) is 11.4. The highest BCUT2D eigenvalue weighted by molar-refractivity contribution is 6.31. The van der Waals surface area contributed by atoms with E-state index in [1.807, 2.05) is 0 Å². The molecule has 2 aromatic rings. The minimum absolute atomic E-state index is 0.00199. The van der Waals surface area contributed by atoms with E-state index in [9.17, 15) is 13.2 Å². The molecule has 0 radical (unpaired) electrons. The fraction of sp³-hybridized carbons (Fsp3) is 0.154. The predicted octanol–water partition coefficient (Wildman–Crippen LogP) is 3.62. The van der Waals surface area contributed by atoms with Crippen LogP contribution < -0.4 is 16.0 Å². The number of alkyl halides is 3. The van der Waals surface area contributed by atoms with Gasteiger partial charge in [0, 0.05) is 16.7 Å². The highest BCUT2D eigenvalue weighted by Crippen LogP contribution is 2.32. The third-order valence-corrected chi connectivity index (χ3v) is 2.98. The third-order valence-electron chi connectivity index (χ3n) is 2.61. The minimum atomic E-state index is -4.52. The van der Waals surface area contributed by atoms with Crippen LogP contribution >= 0.6 is 11.6 Å². The number of pyridine rings is 1. The minimum Gasteiger partial charge on any atom is -0.473 e. The van der Waals surface area contributed by atoms with Crippen LogP contribution in [0.25, 0.3) is 0 Å². The van der Waals surface area contributed by atoms with E-state index >= 15 is 0 Å². The topological polar surface area (TPSA) is 60.2 Å². The molecule has 21 heavy (non-hydrogen) atoms. The number of hydrogen-bond donors (Lipinski definition) is 2. The predicted molar refractivity (Wildman–Crippen MR) is 72.8 cm³/mol. The first kappa shape index (κ1) is 15.4. The summed E-state index contributed by atoms with van der Waals surface area (Å²) >= 11 is 5.94. The Kier molecular flexibility index (Phi) is 4.54. The third kappa shape index (κ3) is 3.99. The molecule has 8 heteroatoms. The van der Waals surface area contributed by atoms with Crippen molar-refractivity contribution >= 4 is 17.4 Å². The SMILES string of the molecule is NNc1cc(C(F)(F)F)cc(OCc2ccccc2Cl)n1. The van der Waals surface area contributed by atoms with E-state index in [-0.39, 0.29) is 18.3 Å². The van der Waals surface area contributed by atoms with Gasteiger partial charge in [-0.05, 0) is 12.1 Å². The highest BCUT2D eigenvalue weighted by atomic mass is 35.5. The number of nitrogens with zero attached hydrogens (tertiary/aromatic N) is 1.